The number of nitrogen functional groups attached to an aromatic ring is 1. The lowest BCUT2D eigenvalue weighted by molar-refractivity contribution is 1.50. The monoisotopic (exact) mass is 230 g/mol. The van der Waals surface area contributed by atoms with Gasteiger partial charge in [0.25, 0.3) is 0 Å². The number of nitrogens with two attached hydrogens (primary N) is 1. The smallest absolute Gasteiger partial charge is 0.181 e. The molecule has 1 aromatic heterocycles. The normalized spacial score (nSPS) is 9.45. The van der Waals surface area contributed by atoms with Crippen LogP contribution < -0.4 is 5.73 Å². The third-order valence-corrected chi connectivity index (χ3v) is 2.18. The Bertz CT molecular complexity index is 325. The van der Waals surface area contributed by atoms with Gasteiger partial charge in [0.1, 0.15) is 0 Å². The highest BCUT2D eigenvalue weighted by Crippen LogP contribution is 2.22. The summed E-state index contributed by atoms with van der Waals surface area (Å²) in [6, 6.07) is 7.92. The van der Waals surface area contributed by atoms with E-state index in [0.29, 0.717) is 5.13 Å². The molecule has 11 heavy (non-hydrogen) atoms. The SMILES string of the molecule is Br.Nc1nc2ccccc2s1. The van der Waals surface area contributed by atoms with Crippen molar-refractivity contribution in [2.24, 2.45) is 0 Å². The number of hydrogen-bond donors (Lipinski definition) is 1. The van der Waals surface area contributed by atoms with Crippen LogP contribution in [0.5, 0.6) is 0 Å². The molecule has 0 bridgehead atoms. The van der Waals surface area contributed by atoms with Crippen molar-refractivity contribution in [3.05, 3.63) is 24.3 Å². The number of para-hydroxylation sites is 1. The molecule has 0 atom stereocenters. The van der Waals surface area contributed by atoms with E-state index in [1.807, 2.05) is 24.3 Å². The van der Waals surface area contributed by atoms with Crippen LogP contribution in [0, 0.1) is 0 Å². The molecule has 2 rings (SSSR count). The van der Waals surface area contributed by atoms with E-state index in [2.05, 4.69) is 4.98 Å². The molecule has 58 valence electrons. The zero-order chi connectivity index (χ0) is 6.97. The van der Waals surface area contributed by atoms with Crippen molar-refractivity contribution in [3.8, 4) is 0 Å². The van der Waals surface area contributed by atoms with Crippen LogP contribution in [0.1, 0.15) is 0 Å². The standard InChI is InChI=1S/C7H6N2S.BrH/c8-7-9-5-3-1-2-4-6(5)10-7;/h1-4H,(H2,8,9);1H. The van der Waals surface area contributed by atoms with Gasteiger partial charge in [-0.15, -0.1) is 17.0 Å². The number of nitrogens with zero attached hydrogens (tertiary/aromatic N) is 1. The fourth-order valence-electron chi connectivity index (χ4n) is 0.890. The summed E-state index contributed by atoms with van der Waals surface area (Å²) in [6.45, 7) is 0. The van der Waals surface area contributed by atoms with Crippen molar-refractivity contribution in [3.63, 3.8) is 0 Å². The summed E-state index contributed by atoms with van der Waals surface area (Å²) >= 11 is 1.52. The summed E-state index contributed by atoms with van der Waals surface area (Å²) < 4.78 is 1.15. The van der Waals surface area contributed by atoms with Gasteiger partial charge in [0, 0.05) is 0 Å². The summed E-state index contributed by atoms with van der Waals surface area (Å²) in [5.41, 5.74) is 6.49. The van der Waals surface area contributed by atoms with Gasteiger partial charge in [-0.3, -0.25) is 0 Å². The number of fused-ring (bicyclic) bond motifs is 1. The third kappa shape index (κ3) is 1.52. The van der Waals surface area contributed by atoms with E-state index < -0.39 is 0 Å². The molecule has 0 fully saturated rings. The fraction of sp³-hybridized carbons (Fsp3) is 0. The zero-order valence-electron chi connectivity index (χ0n) is 5.65. The molecule has 2 aromatic rings. The molecule has 4 heteroatoms. The minimum atomic E-state index is 0. The lowest BCUT2D eigenvalue weighted by atomic mass is 10.3. The predicted molar refractivity (Wildman–Crippen MR) is 54.4 cm³/mol. The zero-order valence-corrected chi connectivity index (χ0v) is 8.18. The Morgan fingerprint density at radius 3 is 2.73 bits per heavy atom. The maximum absolute atomic E-state index is 5.50. The molecular formula is C7H7BrN2S. The number of aromatic nitrogens is 1. The number of rotatable bonds is 0. The van der Waals surface area contributed by atoms with Gasteiger partial charge in [-0.2, -0.15) is 0 Å². The topological polar surface area (TPSA) is 38.9 Å². The van der Waals surface area contributed by atoms with Crippen LogP contribution in [-0.2, 0) is 0 Å². The van der Waals surface area contributed by atoms with E-state index in [1.54, 1.807) is 0 Å². The van der Waals surface area contributed by atoms with Crippen molar-refractivity contribution in [2.45, 2.75) is 0 Å². The maximum atomic E-state index is 5.50. The first kappa shape index (κ1) is 8.49. The Balaban J connectivity index is 0.000000605. The summed E-state index contributed by atoms with van der Waals surface area (Å²) in [7, 11) is 0. The fourth-order valence-corrected chi connectivity index (χ4v) is 1.62. The van der Waals surface area contributed by atoms with Crippen molar-refractivity contribution < 1.29 is 0 Å². The number of anilines is 1. The molecule has 0 aliphatic rings. The van der Waals surface area contributed by atoms with Crippen molar-refractivity contribution >= 4 is 43.7 Å². The molecule has 0 saturated carbocycles. The molecule has 0 unspecified atom stereocenters. The second-order valence-corrected chi connectivity index (χ2v) is 3.08. The Kier molecular flexibility index (Phi) is 2.46. The van der Waals surface area contributed by atoms with Gasteiger partial charge in [0.2, 0.25) is 0 Å². The third-order valence-electron chi connectivity index (χ3n) is 1.31. The highest BCUT2D eigenvalue weighted by molar-refractivity contribution is 8.93. The van der Waals surface area contributed by atoms with E-state index in [1.165, 1.54) is 11.3 Å². The highest BCUT2D eigenvalue weighted by atomic mass is 79.9. The van der Waals surface area contributed by atoms with E-state index in [9.17, 15) is 0 Å². The van der Waals surface area contributed by atoms with E-state index in [4.69, 9.17) is 5.73 Å². The predicted octanol–water partition coefficient (Wildman–Crippen LogP) is 2.46. The van der Waals surface area contributed by atoms with Crippen LogP contribution in [-0.4, -0.2) is 4.98 Å². The average molecular weight is 231 g/mol. The van der Waals surface area contributed by atoms with Crippen molar-refractivity contribution in [1.82, 2.24) is 4.98 Å². The van der Waals surface area contributed by atoms with Crippen LogP contribution in [0.4, 0.5) is 5.13 Å². The van der Waals surface area contributed by atoms with Crippen LogP contribution in [0.2, 0.25) is 0 Å². The van der Waals surface area contributed by atoms with Gasteiger partial charge in [0.15, 0.2) is 5.13 Å². The second kappa shape index (κ2) is 3.19. The number of thiazole rings is 1. The number of hydrogen-bond acceptors (Lipinski definition) is 3. The minimum Gasteiger partial charge on any atom is -0.375 e. The molecule has 2 nitrogen and oxygen atoms in total. The van der Waals surface area contributed by atoms with Gasteiger partial charge < -0.3 is 5.73 Å². The van der Waals surface area contributed by atoms with Crippen LogP contribution in [0.3, 0.4) is 0 Å². The van der Waals surface area contributed by atoms with Crippen molar-refractivity contribution in [1.29, 1.82) is 0 Å². The van der Waals surface area contributed by atoms with Crippen LogP contribution >= 0.6 is 28.3 Å². The van der Waals surface area contributed by atoms with E-state index in [-0.39, 0.29) is 17.0 Å². The lowest BCUT2D eigenvalue weighted by Crippen LogP contribution is -1.78. The molecule has 0 radical (unpaired) electrons. The molecule has 0 spiro atoms. The number of benzene rings is 1. The molecular weight excluding hydrogens is 224 g/mol. The molecule has 1 aromatic carbocycles. The summed E-state index contributed by atoms with van der Waals surface area (Å²) in [6.07, 6.45) is 0. The van der Waals surface area contributed by atoms with Gasteiger partial charge >= 0.3 is 0 Å². The van der Waals surface area contributed by atoms with Gasteiger partial charge in [-0.05, 0) is 12.1 Å². The Labute approximate surface area is 78.8 Å². The largest absolute Gasteiger partial charge is 0.375 e. The van der Waals surface area contributed by atoms with E-state index >= 15 is 0 Å². The summed E-state index contributed by atoms with van der Waals surface area (Å²) in [4.78, 5) is 4.11. The van der Waals surface area contributed by atoms with Gasteiger partial charge in [-0.25, -0.2) is 4.98 Å². The first-order valence-electron chi connectivity index (χ1n) is 2.97. The van der Waals surface area contributed by atoms with Crippen LogP contribution in [0.15, 0.2) is 24.3 Å². The molecule has 0 aliphatic carbocycles. The quantitative estimate of drug-likeness (QED) is 0.756. The molecule has 2 N–H and O–H groups in total. The first-order valence-corrected chi connectivity index (χ1v) is 3.79. The molecule has 1 heterocycles. The highest BCUT2D eigenvalue weighted by Gasteiger charge is 1.96. The van der Waals surface area contributed by atoms with E-state index in [0.717, 1.165) is 10.2 Å². The molecule has 0 amide bonds. The first-order chi connectivity index (χ1) is 4.86. The lowest BCUT2D eigenvalue weighted by Gasteiger charge is -1.80. The molecule has 0 saturated heterocycles. The summed E-state index contributed by atoms with van der Waals surface area (Å²) in [5, 5.41) is 0.640. The summed E-state index contributed by atoms with van der Waals surface area (Å²) in [5.74, 6) is 0. The minimum absolute atomic E-state index is 0. The second-order valence-electron chi connectivity index (χ2n) is 2.02. The Morgan fingerprint density at radius 2 is 2.00 bits per heavy atom. The number of halogens is 1. The van der Waals surface area contributed by atoms with Crippen molar-refractivity contribution in [2.75, 3.05) is 5.73 Å². The Hall–Kier alpha value is -0.610. The molecule has 0 aliphatic heterocycles. The Morgan fingerprint density at radius 1 is 1.27 bits per heavy atom. The van der Waals surface area contributed by atoms with Gasteiger partial charge in [0.05, 0.1) is 10.2 Å². The average Bonchev–Trinajstić information content (AvgIpc) is 2.27. The van der Waals surface area contributed by atoms with Gasteiger partial charge in [-0.1, -0.05) is 23.5 Å². The van der Waals surface area contributed by atoms with Crippen LogP contribution in [0.25, 0.3) is 10.2 Å². The maximum Gasteiger partial charge on any atom is 0.181 e.